The van der Waals surface area contributed by atoms with Crippen molar-refractivity contribution in [3.63, 3.8) is 0 Å². The Bertz CT molecular complexity index is 1170. The highest BCUT2D eigenvalue weighted by molar-refractivity contribution is 6.05. The van der Waals surface area contributed by atoms with E-state index in [4.69, 9.17) is 14.2 Å². The van der Waals surface area contributed by atoms with Gasteiger partial charge >= 0.3 is 6.48 Å². The van der Waals surface area contributed by atoms with E-state index in [9.17, 15) is 0 Å². The second-order valence-corrected chi connectivity index (χ2v) is 6.92. The van der Waals surface area contributed by atoms with Gasteiger partial charge in [-0.05, 0) is 41.1 Å². The number of fused-ring (bicyclic) bond motifs is 2. The number of ether oxygens (including phenoxy) is 3. The number of para-hydroxylation sites is 2. The van der Waals surface area contributed by atoms with Crippen molar-refractivity contribution in [2.45, 2.75) is 6.48 Å². The van der Waals surface area contributed by atoms with Gasteiger partial charge in [-0.3, -0.25) is 0 Å². The van der Waals surface area contributed by atoms with Crippen LogP contribution in [0.5, 0.6) is 17.2 Å². The largest absolute Gasteiger partial charge is 0.423 e. The molecular weight excluding hydrogens is 372 g/mol. The van der Waals surface area contributed by atoms with Gasteiger partial charge in [0, 0.05) is 10.8 Å². The molecule has 0 heterocycles. The number of rotatable bonds is 6. The minimum atomic E-state index is -0.955. The lowest BCUT2D eigenvalue weighted by Gasteiger charge is -2.23. The third kappa shape index (κ3) is 3.78. The molecule has 0 aliphatic rings. The maximum Gasteiger partial charge on any atom is 0.406 e. The van der Waals surface area contributed by atoms with Gasteiger partial charge in [0.25, 0.3) is 0 Å². The second-order valence-electron chi connectivity index (χ2n) is 6.92. The fourth-order valence-corrected chi connectivity index (χ4v) is 3.49. The summed E-state index contributed by atoms with van der Waals surface area (Å²) in [6.07, 6.45) is 0. The van der Waals surface area contributed by atoms with Gasteiger partial charge in [0.15, 0.2) is 0 Å². The third-order valence-corrected chi connectivity index (χ3v) is 4.89. The van der Waals surface area contributed by atoms with E-state index in [0.29, 0.717) is 11.5 Å². The van der Waals surface area contributed by atoms with Gasteiger partial charge in [0.05, 0.1) is 0 Å². The maximum absolute atomic E-state index is 6.40. The normalized spacial score (nSPS) is 11.0. The fraction of sp³-hybridized carbons (Fsp3) is 0.0370. The van der Waals surface area contributed by atoms with Crippen molar-refractivity contribution < 1.29 is 14.2 Å². The molecule has 3 nitrogen and oxygen atoms in total. The molecule has 5 aromatic rings. The Morgan fingerprint density at radius 1 is 0.433 bits per heavy atom. The van der Waals surface area contributed by atoms with E-state index < -0.39 is 6.48 Å². The number of hydrogen-bond donors (Lipinski definition) is 0. The smallest absolute Gasteiger partial charge is 0.406 e. The maximum atomic E-state index is 6.40. The van der Waals surface area contributed by atoms with E-state index in [1.165, 1.54) is 0 Å². The molecule has 0 aliphatic heterocycles. The summed E-state index contributed by atoms with van der Waals surface area (Å²) in [6.45, 7) is -0.955. The first kappa shape index (κ1) is 18.1. The molecule has 5 rings (SSSR count). The number of benzene rings is 5. The van der Waals surface area contributed by atoms with Crippen molar-refractivity contribution in [2.24, 2.45) is 0 Å². The van der Waals surface area contributed by atoms with Crippen molar-refractivity contribution >= 4 is 21.5 Å². The van der Waals surface area contributed by atoms with Crippen molar-refractivity contribution in [3.05, 3.63) is 115 Å². The van der Waals surface area contributed by atoms with E-state index in [1.54, 1.807) is 0 Å². The van der Waals surface area contributed by atoms with Gasteiger partial charge in [-0.15, -0.1) is 0 Å². The highest BCUT2D eigenvalue weighted by Gasteiger charge is 2.18. The monoisotopic (exact) mass is 392 g/mol. The van der Waals surface area contributed by atoms with Crippen molar-refractivity contribution in [1.82, 2.24) is 0 Å². The van der Waals surface area contributed by atoms with Gasteiger partial charge in [0.1, 0.15) is 17.2 Å². The molecule has 0 bridgehead atoms. The van der Waals surface area contributed by atoms with Gasteiger partial charge < -0.3 is 14.2 Å². The minimum Gasteiger partial charge on any atom is -0.423 e. The zero-order chi connectivity index (χ0) is 20.2. The molecule has 0 aromatic heterocycles. The zero-order valence-electron chi connectivity index (χ0n) is 16.3. The van der Waals surface area contributed by atoms with Crippen LogP contribution in [0.1, 0.15) is 0 Å². The Balaban J connectivity index is 1.58. The quantitative estimate of drug-likeness (QED) is 0.235. The van der Waals surface area contributed by atoms with Crippen LogP contribution in [-0.4, -0.2) is 6.48 Å². The average molecular weight is 392 g/mol. The number of hydrogen-bond acceptors (Lipinski definition) is 3. The van der Waals surface area contributed by atoms with Crippen LogP contribution >= 0.6 is 0 Å². The third-order valence-electron chi connectivity index (χ3n) is 4.89. The van der Waals surface area contributed by atoms with Crippen LogP contribution in [0.2, 0.25) is 0 Å². The first-order chi connectivity index (χ1) is 14.9. The van der Waals surface area contributed by atoms with Crippen molar-refractivity contribution in [3.8, 4) is 17.2 Å². The SMILES string of the molecule is c1ccc(OC(Oc2ccccc2)Oc2c3ccccc3cc3ccccc23)cc1. The molecule has 5 aromatic carbocycles. The van der Waals surface area contributed by atoms with Crippen LogP contribution in [0.15, 0.2) is 115 Å². The summed E-state index contributed by atoms with van der Waals surface area (Å²) >= 11 is 0. The molecular formula is C27H20O3. The lowest BCUT2D eigenvalue weighted by atomic mass is 10.0. The first-order valence-corrected chi connectivity index (χ1v) is 9.87. The summed E-state index contributed by atoms with van der Waals surface area (Å²) in [5.41, 5.74) is 0. The van der Waals surface area contributed by atoms with E-state index in [0.717, 1.165) is 27.3 Å². The lowest BCUT2D eigenvalue weighted by molar-refractivity contribution is -0.138. The lowest BCUT2D eigenvalue weighted by Crippen LogP contribution is -2.30. The first-order valence-electron chi connectivity index (χ1n) is 9.87. The van der Waals surface area contributed by atoms with Crippen molar-refractivity contribution in [2.75, 3.05) is 0 Å². The summed E-state index contributed by atoms with van der Waals surface area (Å²) in [4.78, 5) is 0. The fourth-order valence-electron chi connectivity index (χ4n) is 3.49. The highest BCUT2D eigenvalue weighted by atomic mass is 16.8. The van der Waals surface area contributed by atoms with Gasteiger partial charge in [-0.1, -0.05) is 84.9 Å². The molecule has 0 unspecified atom stereocenters. The summed E-state index contributed by atoms with van der Waals surface area (Å²) in [5, 5.41) is 4.22. The Morgan fingerprint density at radius 3 is 1.37 bits per heavy atom. The molecule has 0 atom stereocenters. The van der Waals surface area contributed by atoms with E-state index >= 15 is 0 Å². The van der Waals surface area contributed by atoms with Crippen LogP contribution in [0.25, 0.3) is 21.5 Å². The minimum absolute atomic E-state index is 0.669. The van der Waals surface area contributed by atoms with E-state index in [1.807, 2.05) is 84.9 Å². The highest BCUT2D eigenvalue weighted by Crippen LogP contribution is 2.36. The Hall–Kier alpha value is -3.98. The zero-order valence-corrected chi connectivity index (χ0v) is 16.3. The van der Waals surface area contributed by atoms with Gasteiger partial charge in [-0.2, -0.15) is 0 Å². The Kier molecular flexibility index (Phi) is 4.93. The molecule has 30 heavy (non-hydrogen) atoms. The molecule has 0 N–H and O–H groups in total. The topological polar surface area (TPSA) is 27.7 Å². The van der Waals surface area contributed by atoms with Crippen LogP contribution in [0, 0.1) is 0 Å². The molecule has 0 radical (unpaired) electrons. The standard InChI is InChI=1S/C27H20O3/c1-3-13-22(14-4-1)28-27(29-23-15-5-2-6-16-23)30-26-24-17-9-7-11-20(24)19-21-12-8-10-18-25(21)26/h1-19,27H. The Morgan fingerprint density at radius 2 is 0.867 bits per heavy atom. The second kappa shape index (κ2) is 8.18. The molecule has 0 saturated heterocycles. The molecule has 3 heteroatoms. The molecule has 0 saturated carbocycles. The van der Waals surface area contributed by atoms with Crippen LogP contribution in [0.4, 0.5) is 0 Å². The summed E-state index contributed by atoms with van der Waals surface area (Å²) in [7, 11) is 0. The van der Waals surface area contributed by atoms with E-state index in [-0.39, 0.29) is 0 Å². The molecule has 0 aliphatic carbocycles. The van der Waals surface area contributed by atoms with Crippen LogP contribution in [-0.2, 0) is 0 Å². The molecule has 0 amide bonds. The summed E-state index contributed by atoms with van der Waals surface area (Å²) < 4.78 is 18.6. The van der Waals surface area contributed by atoms with Gasteiger partial charge in [0.2, 0.25) is 0 Å². The predicted molar refractivity (Wildman–Crippen MR) is 120 cm³/mol. The Labute approximate surface area is 175 Å². The molecule has 0 fully saturated rings. The average Bonchev–Trinajstić information content (AvgIpc) is 2.80. The van der Waals surface area contributed by atoms with Crippen molar-refractivity contribution in [1.29, 1.82) is 0 Å². The van der Waals surface area contributed by atoms with Gasteiger partial charge in [-0.25, -0.2) is 0 Å². The predicted octanol–water partition coefficient (Wildman–Crippen LogP) is 6.81. The molecule has 146 valence electrons. The van der Waals surface area contributed by atoms with Crippen LogP contribution in [0.3, 0.4) is 0 Å². The molecule has 0 spiro atoms. The van der Waals surface area contributed by atoms with E-state index in [2.05, 4.69) is 30.3 Å². The summed E-state index contributed by atoms with van der Waals surface area (Å²) in [5.74, 6) is 2.08. The summed E-state index contributed by atoms with van der Waals surface area (Å²) in [6, 6.07) is 37.6. The van der Waals surface area contributed by atoms with Crippen LogP contribution < -0.4 is 14.2 Å².